The lowest BCUT2D eigenvalue weighted by Crippen LogP contribution is -2.53. The smallest absolute Gasteiger partial charge is 0.239 e. The zero-order valence-electron chi connectivity index (χ0n) is 14.6. The van der Waals surface area contributed by atoms with Gasteiger partial charge in [-0.1, -0.05) is 26.2 Å². The Bertz CT molecular complexity index is 319. The molecule has 1 aliphatic carbocycles. The molecule has 0 spiro atoms. The molecule has 1 N–H and O–H groups in total. The quantitative estimate of drug-likeness (QED) is 0.786. The summed E-state index contributed by atoms with van der Waals surface area (Å²) in [6.07, 6.45) is 6.07. The van der Waals surface area contributed by atoms with Gasteiger partial charge in [0.1, 0.15) is 0 Å². The number of carbonyl (C=O) groups excluding carboxylic acids is 1. The van der Waals surface area contributed by atoms with Crippen LogP contribution in [-0.4, -0.2) is 58.1 Å². The Labute approximate surface area is 130 Å². The minimum Gasteiger partial charge on any atom is -0.389 e. The van der Waals surface area contributed by atoms with Crippen LogP contribution in [0.15, 0.2) is 0 Å². The Morgan fingerprint density at radius 1 is 1.19 bits per heavy atom. The van der Waals surface area contributed by atoms with Gasteiger partial charge in [-0.3, -0.25) is 9.69 Å². The third-order valence-electron chi connectivity index (χ3n) is 4.54. The molecule has 0 heterocycles. The Morgan fingerprint density at radius 2 is 1.76 bits per heavy atom. The van der Waals surface area contributed by atoms with Crippen LogP contribution in [0, 0.1) is 0 Å². The molecule has 1 aliphatic rings. The van der Waals surface area contributed by atoms with Crippen molar-refractivity contribution in [1.82, 2.24) is 9.80 Å². The van der Waals surface area contributed by atoms with Crippen LogP contribution in [-0.2, 0) is 4.79 Å². The van der Waals surface area contributed by atoms with E-state index in [2.05, 4.69) is 16.7 Å². The zero-order valence-corrected chi connectivity index (χ0v) is 14.6. The average molecular weight is 298 g/mol. The third kappa shape index (κ3) is 5.59. The lowest BCUT2D eigenvalue weighted by atomic mass is 9.93. The van der Waals surface area contributed by atoms with Crippen molar-refractivity contribution in [3.05, 3.63) is 0 Å². The second-order valence-corrected chi connectivity index (χ2v) is 6.97. The van der Waals surface area contributed by atoms with Gasteiger partial charge in [-0.15, -0.1) is 0 Å². The van der Waals surface area contributed by atoms with Crippen LogP contribution in [0.25, 0.3) is 0 Å². The monoisotopic (exact) mass is 298 g/mol. The fraction of sp³-hybridized carbons (Fsp3) is 0.941. The molecule has 124 valence electrons. The topological polar surface area (TPSA) is 43.8 Å². The first-order chi connectivity index (χ1) is 9.80. The largest absolute Gasteiger partial charge is 0.389 e. The molecule has 1 unspecified atom stereocenters. The highest BCUT2D eigenvalue weighted by Crippen LogP contribution is 2.23. The van der Waals surface area contributed by atoms with Gasteiger partial charge in [0.15, 0.2) is 0 Å². The van der Waals surface area contributed by atoms with E-state index in [0.29, 0.717) is 12.6 Å². The van der Waals surface area contributed by atoms with Crippen LogP contribution in [0.2, 0.25) is 0 Å². The number of hydrogen-bond donors (Lipinski definition) is 1. The van der Waals surface area contributed by atoms with Crippen molar-refractivity contribution in [3.8, 4) is 0 Å². The normalized spacial score (nSPS) is 18.8. The summed E-state index contributed by atoms with van der Waals surface area (Å²) in [5, 5.41) is 10.0. The molecule has 0 aromatic carbocycles. The molecule has 21 heavy (non-hydrogen) atoms. The maximum atomic E-state index is 12.9. The van der Waals surface area contributed by atoms with Gasteiger partial charge in [-0.25, -0.2) is 0 Å². The fourth-order valence-electron chi connectivity index (χ4n) is 3.40. The van der Waals surface area contributed by atoms with E-state index in [-0.39, 0.29) is 11.9 Å². The van der Waals surface area contributed by atoms with Crippen LogP contribution in [0.1, 0.15) is 66.7 Å². The number of carbonyl (C=O) groups is 1. The first kappa shape index (κ1) is 18.4. The minimum atomic E-state index is -0.771. The number of hydrogen-bond acceptors (Lipinski definition) is 3. The molecule has 1 saturated carbocycles. The Kier molecular flexibility index (Phi) is 7.14. The number of aliphatic hydroxyl groups is 1. The molecule has 0 radical (unpaired) electrons. The van der Waals surface area contributed by atoms with E-state index in [0.717, 1.165) is 25.9 Å². The highest BCUT2D eigenvalue weighted by atomic mass is 16.3. The standard InChI is InChI=1S/C17H34N2O2/c1-6-18(13-17(4,5)21)14(3)16(20)19(7-2)15-11-9-8-10-12-15/h14-15,21H,6-13H2,1-5H3. The lowest BCUT2D eigenvalue weighted by molar-refractivity contribution is -0.140. The van der Waals surface area contributed by atoms with Gasteiger partial charge in [0.2, 0.25) is 5.91 Å². The molecule has 1 amide bonds. The number of likely N-dealkylation sites (N-methyl/N-ethyl adjacent to an activating group) is 2. The molecule has 4 heteroatoms. The summed E-state index contributed by atoms with van der Waals surface area (Å²) in [7, 11) is 0. The highest BCUT2D eigenvalue weighted by Gasteiger charge is 2.31. The van der Waals surface area contributed by atoms with E-state index in [1.54, 1.807) is 13.8 Å². The fourth-order valence-corrected chi connectivity index (χ4v) is 3.40. The zero-order chi connectivity index (χ0) is 16.0. The molecule has 0 aromatic rings. The molecular weight excluding hydrogens is 264 g/mol. The molecular formula is C17H34N2O2. The van der Waals surface area contributed by atoms with Crippen LogP contribution < -0.4 is 0 Å². The van der Waals surface area contributed by atoms with Gasteiger partial charge in [0, 0.05) is 19.1 Å². The first-order valence-electron chi connectivity index (χ1n) is 8.57. The molecule has 1 atom stereocenters. The molecule has 1 fully saturated rings. The van der Waals surface area contributed by atoms with Gasteiger partial charge in [0.25, 0.3) is 0 Å². The molecule has 1 rings (SSSR count). The second-order valence-electron chi connectivity index (χ2n) is 6.97. The summed E-state index contributed by atoms with van der Waals surface area (Å²) < 4.78 is 0. The molecule has 4 nitrogen and oxygen atoms in total. The highest BCUT2D eigenvalue weighted by molar-refractivity contribution is 5.81. The van der Waals surface area contributed by atoms with Crippen molar-refractivity contribution in [3.63, 3.8) is 0 Å². The summed E-state index contributed by atoms with van der Waals surface area (Å²) >= 11 is 0. The predicted octanol–water partition coefficient (Wildman–Crippen LogP) is 2.65. The summed E-state index contributed by atoms with van der Waals surface area (Å²) in [6, 6.07) is 0.253. The van der Waals surface area contributed by atoms with Crippen molar-refractivity contribution in [2.75, 3.05) is 19.6 Å². The van der Waals surface area contributed by atoms with Gasteiger partial charge in [0.05, 0.1) is 11.6 Å². The van der Waals surface area contributed by atoms with E-state index in [1.165, 1.54) is 19.3 Å². The van der Waals surface area contributed by atoms with Gasteiger partial charge in [-0.05, 0) is 47.1 Å². The van der Waals surface area contributed by atoms with Gasteiger partial charge < -0.3 is 10.0 Å². The van der Waals surface area contributed by atoms with Crippen molar-refractivity contribution >= 4 is 5.91 Å². The van der Waals surface area contributed by atoms with E-state index in [4.69, 9.17) is 0 Å². The van der Waals surface area contributed by atoms with Crippen LogP contribution in [0.3, 0.4) is 0 Å². The van der Waals surface area contributed by atoms with E-state index < -0.39 is 5.60 Å². The Morgan fingerprint density at radius 3 is 2.19 bits per heavy atom. The van der Waals surface area contributed by atoms with Crippen molar-refractivity contribution < 1.29 is 9.90 Å². The number of rotatable bonds is 7. The minimum absolute atomic E-state index is 0.164. The summed E-state index contributed by atoms with van der Waals surface area (Å²) in [5.74, 6) is 0.218. The maximum Gasteiger partial charge on any atom is 0.239 e. The second kappa shape index (κ2) is 8.14. The Hall–Kier alpha value is -0.610. The van der Waals surface area contributed by atoms with Gasteiger partial charge in [-0.2, -0.15) is 0 Å². The van der Waals surface area contributed by atoms with Crippen molar-refractivity contribution in [2.24, 2.45) is 0 Å². The lowest BCUT2D eigenvalue weighted by Gasteiger charge is -2.39. The van der Waals surface area contributed by atoms with Gasteiger partial charge >= 0.3 is 0 Å². The molecule has 0 saturated heterocycles. The molecule has 0 aromatic heterocycles. The number of nitrogens with zero attached hydrogens (tertiary/aromatic N) is 2. The number of amides is 1. The Balaban J connectivity index is 2.72. The maximum absolute atomic E-state index is 12.9. The molecule has 0 aliphatic heterocycles. The van der Waals surface area contributed by atoms with Crippen molar-refractivity contribution in [1.29, 1.82) is 0 Å². The van der Waals surface area contributed by atoms with Crippen LogP contribution >= 0.6 is 0 Å². The van der Waals surface area contributed by atoms with Crippen molar-refractivity contribution in [2.45, 2.75) is 84.4 Å². The van der Waals surface area contributed by atoms with Crippen LogP contribution in [0.5, 0.6) is 0 Å². The summed E-state index contributed by atoms with van der Waals surface area (Å²) in [6.45, 7) is 11.8. The molecule has 0 bridgehead atoms. The van der Waals surface area contributed by atoms with E-state index in [1.807, 2.05) is 13.8 Å². The SMILES string of the molecule is CCN(CC(C)(C)O)C(C)C(=O)N(CC)C1CCCCC1. The first-order valence-corrected chi connectivity index (χ1v) is 8.57. The summed E-state index contributed by atoms with van der Waals surface area (Å²) in [4.78, 5) is 17.0. The predicted molar refractivity (Wildman–Crippen MR) is 87.3 cm³/mol. The third-order valence-corrected chi connectivity index (χ3v) is 4.54. The van der Waals surface area contributed by atoms with E-state index in [9.17, 15) is 9.90 Å². The summed E-state index contributed by atoms with van der Waals surface area (Å²) in [5.41, 5.74) is -0.771. The van der Waals surface area contributed by atoms with Crippen LogP contribution in [0.4, 0.5) is 0 Å². The van der Waals surface area contributed by atoms with E-state index >= 15 is 0 Å². The average Bonchev–Trinajstić information content (AvgIpc) is 2.45.